The SMILES string of the molecule is CC[C@@H](C)NC(=O)N(Cc1cccc(O)c1)C1CCC(O)CC1. The van der Waals surface area contributed by atoms with Crippen LogP contribution in [0.4, 0.5) is 4.79 Å². The maximum Gasteiger partial charge on any atom is 0.318 e. The van der Waals surface area contributed by atoms with E-state index in [0.717, 1.165) is 37.7 Å². The molecule has 1 saturated carbocycles. The van der Waals surface area contributed by atoms with Crippen LogP contribution in [0.1, 0.15) is 51.5 Å². The monoisotopic (exact) mass is 320 g/mol. The van der Waals surface area contributed by atoms with E-state index >= 15 is 0 Å². The second-order valence-corrected chi connectivity index (χ2v) is 6.52. The van der Waals surface area contributed by atoms with E-state index in [9.17, 15) is 15.0 Å². The van der Waals surface area contributed by atoms with Gasteiger partial charge in [0.15, 0.2) is 0 Å². The third-order valence-corrected chi connectivity index (χ3v) is 4.61. The summed E-state index contributed by atoms with van der Waals surface area (Å²) in [5.74, 6) is 0.212. The average Bonchev–Trinajstić information content (AvgIpc) is 2.53. The average molecular weight is 320 g/mol. The van der Waals surface area contributed by atoms with E-state index in [0.29, 0.717) is 6.54 Å². The predicted molar refractivity (Wildman–Crippen MR) is 90.2 cm³/mol. The number of carbonyl (C=O) groups excluding carboxylic acids is 1. The molecule has 2 rings (SSSR count). The summed E-state index contributed by atoms with van der Waals surface area (Å²) in [6.07, 6.45) is 3.73. The minimum atomic E-state index is -0.244. The van der Waals surface area contributed by atoms with Crippen LogP contribution in [0.15, 0.2) is 24.3 Å². The second kappa shape index (κ2) is 8.20. The zero-order valence-corrected chi connectivity index (χ0v) is 14.0. The van der Waals surface area contributed by atoms with Crippen molar-refractivity contribution in [2.45, 2.75) is 70.7 Å². The zero-order valence-electron chi connectivity index (χ0n) is 14.0. The van der Waals surface area contributed by atoms with E-state index in [4.69, 9.17) is 0 Å². The minimum absolute atomic E-state index is 0.0657. The summed E-state index contributed by atoms with van der Waals surface area (Å²) in [6.45, 7) is 4.51. The van der Waals surface area contributed by atoms with Crippen molar-refractivity contribution in [3.63, 3.8) is 0 Å². The summed E-state index contributed by atoms with van der Waals surface area (Å²) < 4.78 is 0. The van der Waals surface area contributed by atoms with Gasteiger partial charge in [-0.3, -0.25) is 0 Å². The van der Waals surface area contributed by atoms with Crippen LogP contribution in [0.25, 0.3) is 0 Å². The number of aliphatic hydroxyl groups is 1. The number of hydrogen-bond donors (Lipinski definition) is 3. The zero-order chi connectivity index (χ0) is 16.8. The largest absolute Gasteiger partial charge is 0.508 e. The van der Waals surface area contributed by atoms with Crippen molar-refractivity contribution in [1.82, 2.24) is 10.2 Å². The lowest BCUT2D eigenvalue weighted by atomic mass is 9.92. The second-order valence-electron chi connectivity index (χ2n) is 6.52. The Bertz CT molecular complexity index is 513. The topological polar surface area (TPSA) is 72.8 Å². The molecule has 0 unspecified atom stereocenters. The van der Waals surface area contributed by atoms with Gasteiger partial charge in [0.25, 0.3) is 0 Å². The quantitative estimate of drug-likeness (QED) is 0.781. The van der Waals surface area contributed by atoms with Crippen LogP contribution in [0, 0.1) is 0 Å². The van der Waals surface area contributed by atoms with Crippen molar-refractivity contribution < 1.29 is 15.0 Å². The van der Waals surface area contributed by atoms with Crippen molar-refractivity contribution >= 4 is 6.03 Å². The number of phenolic OH excluding ortho intramolecular Hbond substituents is 1. The molecule has 1 aliphatic carbocycles. The predicted octanol–water partition coefficient (Wildman–Crippen LogP) is 3.01. The maximum atomic E-state index is 12.7. The summed E-state index contributed by atoms with van der Waals surface area (Å²) >= 11 is 0. The number of aromatic hydroxyl groups is 1. The summed E-state index contributed by atoms with van der Waals surface area (Å²) in [5.41, 5.74) is 0.912. The van der Waals surface area contributed by atoms with E-state index in [1.807, 2.05) is 24.8 Å². The summed E-state index contributed by atoms with van der Waals surface area (Å²) in [4.78, 5) is 14.5. The first kappa shape index (κ1) is 17.6. The number of nitrogens with zero attached hydrogens (tertiary/aromatic N) is 1. The van der Waals surface area contributed by atoms with Gasteiger partial charge in [-0.15, -0.1) is 0 Å². The number of benzene rings is 1. The highest BCUT2D eigenvalue weighted by Crippen LogP contribution is 2.25. The molecule has 1 aliphatic rings. The van der Waals surface area contributed by atoms with Gasteiger partial charge in [0, 0.05) is 18.6 Å². The first-order valence-corrected chi connectivity index (χ1v) is 8.52. The molecular formula is C18H28N2O3. The highest BCUT2D eigenvalue weighted by Gasteiger charge is 2.28. The molecular weight excluding hydrogens is 292 g/mol. The summed E-state index contributed by atoms with van der Waals surface area (Å²) in [6, 6.07) is 7.23. The molecule has 0 saturated heterocycles. The Balaban J connectivity index is 2.11. The van der Waals surface area contributed by atoms with E-state index in [1.165, 1.54) is 0 Å². The fraction of sp³-hybridized carbons (Fsp3) is 0.611. The van der Waals surface area contributed by atoms with Gasteiger partial charge in [-0.1, -0.05) is 19.1 Å². The van der Waals surface area contributed by atoms with E-state index in [1.54, 1.807) is 18.2 Å². The van der Waals surface area contributed by atoms with Gasteiger partial charge in [0.2, 0.25) is 0 Å². The summed E-state index contributed by atoms with van der Waals surface area (Å²) in [7, 11) is 0. The highest BCUT2D eigenvalue weighted by molar-refractivity contribution is 5.75. The minimum Gasteiger partial charge on any atom is -0.508 e. The Morgan fingerprint density at radius 3 is 2.65 bits per heavy atom. The molecule has 0 aliphatic heterocycles. The molecule has 1 aromatic carbocycles. The number of carbonyl (C=O) groups is 1. The number of rotatable bonds is 5. The molecule has 128 valence electrons. The lowest BCUT2D eigenvalue weighted by Gasteiger charge is -2.36. The van der Waals surface area contributed by atoms with Crippen molar-refractivity contribution in [2.75, 3.05) is 0 Å². The molecule has 0 radical (unpaired) electrons. The summed E-state index contributed by atoms with van der Waals surface area (Å²) in [5, 5.41) is 22.4. The van der Waals surface area contributed by atoms with Gasteiger partial charge < -0.3 is 20.4 Å². The molecule has 0 aromatic heterocycles. The Labute approximate surface area is 138 Å². The maximum absolute atomic E-state index is 12.7. The standard InChI is InChI=1S/C18H28N2O3/c1-3-13(2)19-18(23)20(15-7-9-16(21)10-8-15)12-14-5-4-6-17(22)11-14/h4-6,11,13,15-16,21-22H,3,7-10,12H2,1-2H3,(H,19,23)/t13-,15?,16?/m1/s1. The Kier molecular flexibility index (Phi) is 6.28. The normalized spacial score (nSPS) is 22.4. The van der Waals surface area contributed by atoms with Crippen LogP contribution in [-0.4, -0.2) is 39.3 Å². The van der Waals surface area contributed by atoms with Crippen molar-refractivity contribution in [2.24, 2.45) is 0 Å². The van der Waals surface area contributed by atoms with E-state index in [2.05, 4.69) is 5.32 Å². The van der Waals surface area contributed by atoms with Crippen LogP contribution in [0.3, 0.4) is 0 Å². The van der Waals surface area contributed by atoms with Crippen LogP contribution in [0.2, 0.25) is 0 Å². The molecule has 5 heteroatoms. The Hall–Kier alpha value is -1.75. The molecule has 0 spiro atoms. The number of hydrogen-bond acceptors (Lipinski definition) is 3. The number of nitrogens with one attached hydrogen (secondary N) is 1. The van der Waals surface area contributed by atoms with Crippen molar-refractivity contribution in [1.29, 1.82) is 0 Å². The molecule has 0 heterocycles. The fourth-order valence-corrected chi connectivity index (χ4v) is 2.98. The molecule has 1 atom stereocenters. The highest BCUT2D eigenvalue weighted by atomic mass is 16.3. The number of aliphatic hydroxyl groups excluding tert-OH is 1. The molecule has 1 aromatic rings. The third-order valence-electron chi connectivity index (χ3n) is 4.61. The van der Waals surface area contributed by atoms with E-state index in [-0.39, 0.29) is 30.0 Å². The van der Waals surface area contributed by atoms with Crippen molar-refractivity contribution in [3.05, 3.63) is 29.8 Å². The van der Waals surface area contributed by atoms with E-state index < -0.39 is 0 Å². The fourth-order valence-electron chi connectivity index (χ4n) is 2.98. The molecule has 23 heavy (non-hydrogen) atoms. The third kappa shape index (κ3) is 5.13. The lowest BCUT2D eigenvalue weighted by Crippen LogP contribution is -2.49. The molecule has 3 N–H and O–H groups in total. The van der Waals surface area contributed by atoms with Gasteiger partial charge in [0.05, 0.1) is 6.10 Å². The lowest BCUT2D eigenvalue weighted by molar-refractivity contribution is 0.0811. The van der Waals surface area contributed by atoms with Crippen LogP contribution < -0.4 is 5.32 Å². The molecule has 1 fully saturated rings. The first-order chi connectivity index (χ1) is 11.0. The number of amides is 2. The number of phenols is 1. The molecule has 2 amide bonds. The van der Waals surface area contributed by atoms with Crippen LogP contribution in [0.5, 0.6) is 5.75 Å². The Morgan fingerprint density at radius 1 is 1.35 bits per heavy atom. The van der Waals surface area contributed by atoms with Gasteiger partial charge in [0.1, 0.15) is 5.75 Å². The smallest absolute Gasteiger partial charge is 0.318 e. The first-order valence-electron chi connectivity index (χ1n) is 8.52. The Morgan fingerprint density at radius 2 is 2.04 bits per heavy atom. The van der Waals surface area contributed by atoms with Crippen molar-refractivity contribution in [3.8, 4) is 5.75 Å². The number of urea groups is 1. The van der Waals surface area contributed by atoms with Gasteiger partial charge in [-0.25, -0.2) is 4.79 Å². The van der Waals surface area contributed by atoms with Gasteiger partial charge in [-0.05, 0) is 56.7 Å². The van der Waals surface area contributed by atoms with Crippen LogP contribution in [-0.2, 0) is 6.54 Å². The molecule has 5 nitrogen and oxygen atoms in total. The van der Waals surface area contributed by atoms with Gasteiger partial charge in [-0.2, -0.15) is 0 Å². The molecule has 0 bridgehead atoms. The van der Waals surface area contributed by atoms with Crippen LogP contribution >= 0.6 is 0 Å². The van der Waals surface area contributed by atoms with Gasteiger partial charge >= 0.3 is 6.03 Å².